The lowest BCUT2D eigenvalue weighted by Crippen LogP contribution is -2.41. The van der Waals surface area contributed by atoms with E-state index in [1.807, 2.05) is 13.8 Å². The number of carbonyl (C=O) groups excluding carboxylic acids is 1. The Bertz CT molecular complexity index is 387. The molecule has 0 saturated heterocycles. The van der Waals surface area contributed by atoms with Crippen LogP contribution in [0.15, 0.2) is 24.5 Å². The average molecular weight is 251 g/mol. The van der Waals surface area contributed by atoms with Gasteiger partial charge in [-0.05, 0) is 37.5 Å². The number of pyridine rings is 1. The first-order valence-electron chi connectivity index (χ1n) is 6.20. The Labute approximate surface area is 108 Å². The lowest BCUT2D eigenvalue weighted by molar-refractivity contribution is -0.161. The van der Waals surface area contributed by atoms with Crippen molar-refractivity contribution in [2.45, 2.75) is 33.3 Å². The van der Waals surface area contributed by atoms with Crippen LogP contribution in [0.3, 0.4) is 0 Å². The SMILES string of the molecule is CCOC(=O)C(C(C)C)C(C)(O)c1ccncc1. The molecule has 0 aliphatic carbocycles. The van der Waals surface area contributed by atoms with Crippen LogP contribution < -0.4 is 0 Å². The normalized spacial score (nSPS) is 16.1. The highest BCUT2D eigenvalue weighted by molar-refractivity contribution is 5.74. The molecule has 4 nitrogen and oxygen atoms in total. The van der Waals surface area contributed by atoms with E-state index in [1.165, 1.54) is 0 Å². The van der Waals surface area contributed by atoms with Gasteiger partial charge >= 0.3 is 5.97 Å². The number of aromatic nitrogens is 1. The van der Waals surface area contributed by atoms with E-state index >= 15 is 0 Å². The zero-order chi connectivity index (χ0) is 13.8. The Balaban J connectivity index is 3.08. The van der Waals surface area contributed by atoms with Gasteiger partial charge < -0.3 is 9.84 Å². The van der Waals surface area contributed by atoms with Crippen LogP contribution in [-0.4, -0.2) is 22.7 Å². The van der Waals surface area contributed by atoms with E-state index in [1.54, 1.807) is 38.4 Å². The Kier molecular flexibility index (Phi) is 4.84. The summed E-state index contributed by atoms with van der Waals surface area (Å²) in [5.41, 5.74) is -0.590. The van der Waals surface area contributed by atoms with Crippen molar-refractivity contribution in [1.82, 2.24) is 4.98 Å². The van der Waals surface area contributed by atoms with Crippen molar-refractivity contribution in [3.63, 3.8) is 0 Å². The predicted molar refractivity (Wildman–Crippen MR) is 68.8 cm³/mol. The van der Waals surface area contributed by atoms with E-state index in [9.17, 15) is 9.90 Å². The van der Waals surface area contributed by atoms with Crippen LogP contribution in [0.25, 0.3) is 0 Å². The zero-order valence-corrected chi connectivity index (χ0v) is 11.4. The molecular weight excluding hydrogens is 230 g/mol. The van der Waals surface area contributed by atoms with Crippen molar-refractivity contribution in [2.24, 2.45) is 11.8 Å². The van der Waals surface area contributed by atoms with Gasteiger partial charge in [0.2, 0.25) is 0 Å². The number of aliphatic hydroxyl groups is 1. The Morgan fingerprint density at radius 3 is 2.44 bits per heavy atom. The fourth-order valence-electron chi connectivity index (χ4n) is 2.25. The number of carbonyl (C=O) groups is 1. The number of ether oxygens (including phenoxy) is 1. The summed E-state index contributed by atoms with van der Waals surface area (Å²) in [5.74, 6) is -0.985. The summed E-state index contributed by atoms with van der Waals surface area (Å²) in [4.78, 5) is 15.9. The van der Waals surface area contributed by atoms with Crippen molar-refractivity contribution in [3.05, 3.63) is 30.1 Å². The van der Waals surface area contributed by atoms with Crippen LogP contribution in [0.1, 0.15) is 33.3 Å². The number of hydrogen-bond donors (Lipinski definition) is 1. The van der Waals surface area contributed by atoms with E-state index < -0.39 is 11.5 Å². The maximum atomic E-state index is 12.0. The van der Waals surface area contributed by atoms with E-state index in [4.69, 9.17) is 4.74 Å². The molecule has 0 aromatic carbocycles. The van der Waals surface area contributed by atoms with Crippen molar-refractivity contribution in [2.75, 3.05) is 6.61 Å². The monoisotopic (exact) mass is 251 g/mol. The predicted octanol–water partition coefficient (Wildman–Crippen LogP) is 2.12. The fourth-order valence-corrected chi connectivity index (χ4v) is 2.25. The zero-order valence-electron chi connectivity index (χ0n) is 11.4. The Hall–Kier alpha value is -1.42. The van der Waals surface area contributed by atoms with Crippen molar-refractivity contribution >= 4 is 5.97 Å². The maximum absolute atomic E-state index is 12.0. The molecule has 0 radical (unpaired) electrons. The van der Waals surface area contributed by atoms with Gasteiger partial charge in [0.15, 0.2) is 0 Å². The van der Waals surface area contributed by atoms with Gasteiger partial charge in [0.25, 0.3) is 0 Å². The van der Waals surface area contributed by atoms with Crippen LogP contribution in [0.2, 0.25) is 0 Å². The van der Waals surface area contributed by atoms with Gasteiger partial charge in [-0.2, -0.15) is 0 Å². The minimum absolute atomic E-state index is 0.0211. The molecule has 2 unspecified atom stereocenters. The first-order valence-corrected chi connectivity index (χ1v) is 6.20. The third-order valence-corrected chi connectivity index (χ3v) is 3.08. The minimum atomic E-state index is -1.26. The van der Waals surface area contributed by atoms with Crippen LogP contribution in [0, 0.1) is 11.8 Å². The Morgan fingerprint density at radius 1 is 1.44 bits per heavy atom. The van der Waals surface area contributed by atoms with Crippen LogP contribution >= 0.6 is 0 Å². The third kappa shape index (κ3) is 3.07. The summed E-state index contributed by atoms with van der Waals surface area (Å²) in [6.07, 6.45) is 3.21. The molecule has 0 spiro atoms. The van der Waals surface area contributed by atoms with Gasteiger partial charge in [0.05, 0.1) is 12.5 Å². The molecule has 0 bridgehead atoms. The van der Waals surface area contributed by atoms with Gasteiger partial charge in [0, 0.05) is 12.4 Å². The summed E-state index contributed by atoms with van der Waals surface area (Å²) in [7, 11) is 0. The second kappa shape index (κ2) is 5.96. The number of hydrogen-bond acceptors (Lipinski definition) is 4. The fraction of sp³-hybridized carbons (Fsp3) is 0.571. The standard InChI is InChI=1S/C14H21NO3/c1-5-18-13(16)12(10(2)3)14(4,17)11-6-8-15-9-7-11/h6-10,12,17H,5H2,1-4H3. The summed E-state index contributed by atoms with van der Waals surface area (Å²) >= 11 is 0. The van der Waals surface area contributed by atoms with Gasteiger partial charge in [-0.25, -0.2) is 0 Å². The maximum Gasteiger partial charge on any atom is 0.312 e. The molecule has 1 heterocycles. The third-order valence-electron chi connectivity index (χ3n) is 3.08. The summed E-state index contributed by atoms with van der Waals surface area (Å²) in [6.45, 7) is 7.52. The second-order valence-electron chi connectivity index (χ2n) is 4.86. The largest absolute Gasteiger partial charge is 0.466 e. The number of rotatable bonds is 5. The molecule has 4 heteroatoms. The van der Waals surface area contributed by atoms with E-state index in [0.717, 1.165) is 0 Å². The molecule has 0 aliphatic heterocycles. The molecule has 0 amide bonds. The lowest BCUT2D eigenvalue weighted by Gasteiger charge is -2.34. The van der Waals surface area contributed by atoms with Crippen LogP contribution in [0.5, 0.6) is 0 Å². The van der Waals surface area contributed by atoms with Gasteiger partial charge in [-0.1, -0.05) is 13.8 Å². The van der Waals surface area contributed by atoms with Crippen LogP contribution in [-0.2, 0) is 15.1 Å². The molecule has 1 N–H and O–H groups in total. The van der Waals surface area contributed by atoms with E-state index in [0.29, 0.717) is 12.2 Å². The quantitative estimate of drug-likeness (QED) is 0.814. The van der Waals surface area contributed by atoms with Crippen molar-refractivity contribution in [1.29, 1.82) is 0 Å². The second-order valence-corrected chi connectivity index (χ2v) is 4.86. The highest BCUT2D eigenvalue weighted by atomic mass is 16.5. The van der Waals surface area contributed by atoms with E-state index in [-0.39, 0.29) is 11.9 Å². The molecular formula is C14H21NO3. The smallest absolute Gasteiger partial charge is 0.312 e. The Morgan fingerprint density at radius 2 is 2.00 bits per heavy atom. The first-order chi connectivity index (χ1) is 8.41. The van der Waals surface area contributed by atoms with Crippen molar-refractivity contribution in [3.8, 4) is 0 Å². The molecule has 100 valence electrons. The minimum Gasteiger partial charge on any atom is -0.466 e. The summed E-state index contributed by atoms with van der Waals surface area (Å²) in [5, 5.41) is 10.7. The summed E-state index contributed by atoms with van der Waals surface area (Å²) in [6, 6.07) is 3.43. The molecule has 1 aromatic rings. The number of esters is 1. The highest BCUT2D eigenvalue weighted by Crippen LogP contribution is 2.34. The van der Waals surface area contributed by atoms with Gasteiger partial charge in [-0.3, -0.25) is 9.78 Å². The topological polar surface area (TPSA) is 59.4 Å². The molecule has 0 aliphatic rings. The summed E-state index contributed by atoms with van der Waals surface area (Å²) < 4.78 is 5.06. The molecule has 2 atom stereocenters. The van der Waals surface area contributed by atoms with Gasteiger partial charge in [-0.15, -0.1) is 0 Å². The molecule has 0 fully saturated rings. The molecule has 18 heavy (non-hydrogen) atoms. The van der Waals surface area contributed by atoms with Gasteiger partial charge in [0.1, 0.15) is 5.60 Å². The highest BCUT2D eigenvalue weighted by Gasteiger charge is 2.41. The lowest BCUT2D eigenvalue weighted by atomic mass is 9.77. The number of nitrogens with zero attached hydrogens (tertiary/aromatic N) is 1. The molecule has 0 saturated carbocycles. The first kappa shape index (κ1) is 14.6. The van der Waals surface area contributed by atoms with Crippen molar-refractivity contribution < 1.29 is 14.6 Å². The van der Waals surface area contributed by atoms with E-state index in [2.05, 4.69) is 4.98 Å². The molecule has 1 rings (SSSR count). The van der Waals surface area contributed by atoms with Crippen LogP contribution in [0.4, 0.5) is 0 Å². The molecule has 1 aromatic heterocycles. The average Bonchev–Trinajstić information content (AvgIpc) is 2.29.